The zero-order valence-electron chi connectivity index (χ0n) is 13.3. The lowest BCUT2D eigenvalue weighted by Crippen LogP contribution is -2.22. The van der Waals surface area contributed by atoms with E-state index in [9.17, 15) is 4.79 Å². The molecule has 2 aromatic rings. The second-order valence-corrected chi connectivity index (χ2v) is 7.27. The fourth-order valence-corrected chi connectivity index (χ4v) is 3.27. The number of nitrogens with one attached hydrogen (secondary N) is 1. The van der Waals surface area contributed by atoms with Crippen LogP contribution in [-0.2, 0) is 4.79 Å². The van der Waals surface area contributed by atoms with Gasteiger partial charge in [-0.3, -0.25) is 4.79 Å². The first-order chi connectivity index (χ1) is 11.6. The Morgan fingerprint density at radius 3 is 2.58 bits per heavy atom. The molecule has 2 aromatic carbocycles. The molecule has 1 aliphatic heterocycles. The van der Waals surface area contributed by atoms with E-state index in [1.807, 2.05) is 25.1 Å². The lowest BCUT2D eigenvalue weighted by molar-refractivity contribution is -0.115. The van der Waals surface area contributed by atoms with Crippen LogP contribution in [0.25, 0.3) is 0 Å². The third-order valence-corrected chi connectivity index (χ3v) is 4.86. The molecule has 1 N–H and O–H groups in total. The number of thioether (sulfide) groups is 1. The number of fused-ring (bicyclic) bond motifs is 1. The minimum atomic E-state index is -0.245. The van der Waals surface area contributed by atoms with Crippen molar-refractivity contribution >= 4 is 35.0 Å². The van der Waals surface area contributed by atoms with Gasteiger partial charge in [0.25, 0.3) is 0 Å². The van der Waals surface area contributed by atoms with E-state index in [0.717, 1.165) is 28.5 Å². The molecular weight excluding hydrogens is 346 g/mol. The summed E-state index contributed by atoms with van der Waals surface area (Å²) in [6.07, 6.45) is 0.872. The smallest absolute Gasteiger partial charge is 0.237 e. The summed E-state index contributed by atoms with van der Waals surface area (Å²) in [6, 6.07) is 12.8. The quantitative estimate of drug-likeness (QED) is 0.805. The van der Waals surface area contributed by atoms with Gasteiger partial charge in [-0.05, 0) is 49.4 Å². The van der Waals surface area contributed by atoms with Gasteiger partial charge in [-0.2, -0.15) is 0 Å². The molecule has 1 aliphatic rings. The normalized spacial score (nSPS) is 14.6. The van der Waals surface area contributed by atoms with E-state index >= 15 is 0 Å². The molecule has 1 amide bonds. The second-order valence-electron chi connectivity index (χ2n) is 5.42. The molecule has 0 radical (unpaired) electrons. The molecular formula is C18H18ClNO3S. The maximum absolute atomic E-state index is 12.3. The number of anilines is 1. The predicted octanol–water partition coefficient (Wildman–Crippen LogP) is 4.62. The number of hydrogen-bond acceptors (Lipinski definition) is 4. The van der Waals surface area contributed by atoms with Crippen molar-refractivity contribution < 1.29 is 14.3 Å². The third-order valence-electron chi connectivity index (χ3n) is 3.51. The van der Waals surface area contributed by atoms with Gasteiger partial charge >= 0.3 is 0 Å². The highest BCUT2D eigenvalue weighted by Gasteiger charge is 2.17. The molecule has 0 saturated heterocycles. The van der Waals surface area contributed by atoms with Gasteiger partial charge in [0.1, 0.15) is 0 Å². The number of hydrogen-bond donors (Lipinski definition) is 1. The zero-order valence-corrected chi connectivity index (χ0v) is 14.8. The number of rotatable bonds is 4. The van der Waals surface area contributed by atoms with Crippen LogP contribution in [0.3, 0.4) is 0 Å². The van der Waals surface area contributed by atoms with Crippen LogP contribution in [-0.4, -0.2) is 24.4 Å². The largest absolute Gasteiger partial charge is 0.490 e. The molecule has 3 rings (SSSR count). The van der Waals surface area contributed by atoms with Crippen molar-refractivity contribution in [3.05, 3.63) is 47.5 Å². The Labute approximate surface area is 150 Å². The summed E-state index contributed by atoms with van der Waals surface area (Å²) in [6.45, 7) is 3.19. The Hall–Kier alpha value is -1.85. The van der Waals surface area contributed by atoms with E-state index in [1.54, 1.807) is 24.3 Å². The molecule has 0 saturated carbocycles. The van der Waals surface area contributed by atoms with Crippen molar-refractivity contribution in [3.63, 3.8) is 0 Å². The fourth-order valence-electron chi connectivity index (χ4n) is 2.25. The first-order valence-corrected chi connectivity index (χ1v) is 9.00. The molecule has 0 bridgehead atoms. The summed E-state index contributed by atoms with van der Waals surface area (Å²) >= 11 is 7.33. The highest BCUT2D eigenvalue weighted by atomic mass is 35.5. The molecule has 0 fully saturated rings. The molecule has 0 aliphatic carbocycles. The van der Waals surface area contributed by atoms with E-state index in [4.69, 9.17) is 21.1 Å². The highest BCUT2D eigenvalue weighted by molar-refractivity contribution is 8.00. The maximum Gasteiger partial charge on any atom is 0.237 e. The number of amides is 1. The second kappa shape index (κ2) is 7.81. The van der Waals surface area contributed by atoms with Gasteiger partial charge in [-0.1, -0.05) is 11.6 Å². The minimum Gasteiger partial charge on any atom is -0.490 e. The van der Waals surface area contributed by atoms with Crippen molar-refractivity contribution in [2.45, 2.75) is 23.5 Å². The van der Waals surface area contributed by atoms with Gasteiger partial charge in [-0.15, -0.1) is 11.8 Å². The van der Waals surface area contributed by atoms with Crippen molar-refractivity contribution in [2.24, 2.45) is 0 Å². The van der Waals surface area contributed by atoms with E-state index < -0.39 is 0 Å². The zero-order chi connectivity index (χ0) is 16.9. The number of halogens is 1. The van der Waals surface area contributed by atoms with Crippen LogP contribution in [0.15, 0.2) is 47.4 Å². The standard InChI is InChI=1S/C18H18ClNO3S/c1-12(18(21)20-14-5-3-13(19)4-6-14)24-15-7-8-16-17(11-15)23-10-2-9-22-16/h3-8,11-12H,2,9-10H2,1H3,(H,20,21)/t12-/m0/s1. The Kier molecular flexibility index (Phi) is 5.53. The van der Waals surface area contributed by atoms with Crippen LogP contribution in [0.5, 0.6) is 11.5 Å². The van der Waals surface area contributed by atoms with E-state index in [-0.39, 0.29) is 11.2 Å². The lowest BCUT2D eigenvalue weighted by Gasteiger charge is -2.14. The average Bonchev–Trinajstić information content (AvgIpc) is 2.81. The van der Waals surface area contributed by atoms with Gasteiger partial charge in [0.15, 0.2) is 11.5 Å². The molecule has 1 atom stereocenters. The van der Waals surface area contributed by atoms with E-state index in [0.29, 0.717) is 18.2 Å². The van der Waals surface area contributed by atoms with Gasteiger partial charge in [0.2, 0.25) is 5.91 Å². The van der Waals surface area contributed by atoms with Gasteiger partial charge in [0.05, 0.1) is 18.5 Å². The van der Waals surface area contributed by atoms with Crippen LogP contribution < -0.4 is 14.8 Å². The first kappa shape index (κ1) is 17.0. The molecule has 0 aromatic heterocycles. The van der Waals surface area contributed by atoms with Gasteiger partial charge in [-0.25, -0.2) is 0 Å². The van der Waals surface area contributed by atoms with Crippen molar-refractivity contribution in [2.75, 3.05) is 18.5 Å². The number of ether oxygens (including phenoxy) is 2. The molecule has 0 spiro atoms. The molecule has 0 unspecified atom stereocenters. The summed E-state index contributed by atoms with van der Waals surface area (Å²) in [4.78, 5) is 13.3. The monoisotopic (exact) mass is 363 g/mol. The minimum absolute atomic E-state index is 0.0607. The predicted molar refractivity (Wildman–Crippen MR) is 97.4 cm³/mol. The third kappa shape index (κ3) is 4.36. The molecule has 4 nitrogen and oxygen atoms in total. The summed E-state index contributed by atoms with van der Waals surface area (Å²) in [5.41, 5.74) is 0.732. The van der Waals surface area contributed by atoms with Crippen molar-refractivity contribution in [1.29, 1.82) is 0 Å². The van der Waals surface area contributed by atoms with Crippen LogP contribution in [0.4, 0.5) is 5.69 Å². The molecule has 24 heavy (non-hydrogen) atoms. The topological polar surface area (TPSA) is 47.6 Å². The fraction of sp³-hybridized carbons (Fsp3) is 0.278. The van der Waals surface area contributed by atoms with Crippen LogP contribution in [0.2, 0.25) is 5.02 Å². The van der Waals surface area contributed by atoms with Crippen molar-refractivity contribution in [3.8, 4) is 11.5 Å². The molecule has 1 heterocycles. The van der Waals surface area contributed by atoms with Gasteiger partial charge in [0, 0.05) is 22.0 Å². The van der Waals surface area contributed by atoms with Crippen LogP contribution >= 0.6 is 23.4 Å². The first-order valence-electron chi connectivity index (χ1n) is 7.74. The summed E-state index contributed by atoms with van der Waals surface area (Å²) in [7, 11) is 0. The Bertz CT molecular complexity index is 721. The molecule has 6 heteroatoms. The van der Waals surface area contributed by atoms with E-state index in [2.05, 4.69) is 5.32 Å². The highest BCUT2D eigenvalue weighted by Crippen LogP contribution is 2.35. The van der Waals surface area contributed by atoms with Crippen molar-refractivity contribution in [1.82, 2.24) is 0 Å². The number of benzene rings is 2. The van der Waals surface area contributed by atoms with Gasteiger partial charge < -0.3 is 14.8 Å². The maximum atomic E-state index is 12.3. The average molecular weight is 364 g/mol. The Morgan fingerprint density at radius 2 is 1.83 bits per heavy atom. The Morgan fingerprint density at radius 1 is 1.12 bits per heavy atom. The number of carbonyl (C=O) groups is 1. The lowest BCUT2D eigenvalue weighted by atomic mass is 10.3. The summed E-state index contributed by atoms with van der Waals surface area (Å²) in [5, 5.41) is 3.28. The van der Waals surface area contributed by atoms with E-state index in [1.165, 1.54) is 11.8 Å². The summed E-state index contributed by atoms with van der Waals surface area (Å²) in [5.74, 6) is 1.44. The van der Waals surface area contributed by atoms with Crippen LogP contribution in [0.1, 0.15) is 13.3 Å². The Balaban J connectivity index is 1.63. The molecule has 126 valence electrons. The SMILES string of the molecule is C[C@H](Sc1ccc2c(c1)OCCCO2)C(=O)Nc1ccc(Cl)cc1. The van der Waals surface area contributed by atoms with Crippen LogP contribution in [0, 0.1) is 0 Å². The number of carbonyl (C=O) groups excluding carboxylic acids is 1. The summed E-state index contributed by atoms with van der Waals surface area (Å²) < 4.78 is 11.3.